The Labute approximate surface area is 247 Å². The lowest BCUT2D eigenvalue weighted by atomic mass is 9.83. The second kappa shape index (κ2) is 12.3. The van der Waals surface area contributed by atoms with Crippen molar-refractivity contribution < 1.29 is 23.7 Å². The first kappa shape index (κ1) is 27.9. The zero-order valence-electron chi connectivity index (χ0n) is 21.9. The van der Waals surface area contributed by atoms with Crippen LogP contribution in [0.2, 0.25) is 10.0 Å². The molecule has 0 spiro atoms. The van der Waals surface area contributed by atoms with Gasteiger partial charge in [-0.2, -0.15) is 5.26 Å². The predicted octanol–water partition coefficient (Wildman–Crippen LogP) is 7.08. The van der Waals surface area contributed by atoms with Gasteiger partial charge in [0.15, 0.2) is 6.61 Å². The number of rotatable bonds is 8. The molecular weight excluding hydrogens is 563 g/mol. The number of ether oxygens (including phenoxy) is 4. The molecule has 1 aliphatic rings. The van der Waals surface area contributed by atoms with Crippen LogP contribution in [-0.4, -0.2) is 12.6 Å². The second-order valence-electron chi connectivity index (χ2n) is 9.25. The molecule has 0 saturated carbocycles. The normalized spacial score (nSPS) is 14.0. The van der Waals surface area contributed by atoms with Crippen LogP contribution in [0.15, 0.2) is 96.4 Å². The summed E-state index contributed by atoms with van der Waals surface area (Å²) in [7, 11) is 0. The van der Waals surface area contributed by atoms with Crippen LogP contribution in [0.5, 0.6) is 23.0 Å². The SMILES string of the molecule is Cc1cc(OCC(=O)Oc2ccc3c(c2)OC(N)=C(C#N)C3c2ccc(OCc3ccccc3Cl)cc2)ccc1Cl. The van der Waals surface area contributed by atoms with Crippen LogP contribution in [-0.2, 0) is 11.4 Å². The maximum atomic E-state index is 12.4. The second-order valence-corrected chi connectivity index (χ2v) is 10.1. The fraction of sp³-hybridized carbons (Fsp3) is 0.125. The number of hydrogen-bond donors (Lipinski definition) is 1. The smallest absolute Gasteiger partial charge is 0.349 e. The Kier molecular flexibility index (Phi) is 8.34. The first-order valence-electron chi connectivity index (χ1n) is 12.6. The molecule has 0 bridgehead atoms. The number of esters is 1. The topological polar surface area (TPSA) is 104 Å². The molecule has 4 aromatic carbocycles. The monoisotopic (exact) mass is 586 g/mol. The summed E-state index contributed by atoms with van der Waals surface area (Å²) in [5, 5.41) is 11.1. The summed E-state index contributed by atoms with van der Waals surface area (Å²) in [5.74, 6) is 0.678. The van der Waals surface area contributed by atoms with Crippen LogP contribution in [0.25, 0.3) is 0 Å². The van der Waals surface area contributed by atoms with E-state index in [1.807, 2.05) is 55.5 Å². The lowest BCUT2D eigenvalue weighted by Gasteiger charge is -2.26. The van der Waals surface area contributed by atoms with Crippen LogP contribution >= 0.6 is 23.2 Å². The third kappa shape index (κ3) is 6.41. The molecule has 1 atom stereocenters. The van der Waals surface area contributed by atoms with Crippen LogP contribution in [0.1, 0.15) is 28.2 Å². The van der Waals surface area contributed by atoms with Crippen molar-refractivity contribution in [1.29, 1.82) is 5.26 Å². The number of nitriles is 1. The molecule has 9 heteroatoms. The van der Waals surface area contributed by atoms with Gasteiger partial charge < -0.3 is 24.7 Å². The number of nitrogens with zero attached hydrogens (tertiary/aromatic N) is 1. The van der Waals surface area contributed by atoms with E-state index in [2.05, 4.69) is 6.07 Å². The molecule has 0 aromatic heterocycles. The number of hydrogen-bond acceptors (Lipinski definition) is 7. The van der Waals surface area contributed by atoms with E-state index >= 15 is 0 Å². The number of halogens is 2. The van der Waals surface area contributed by atoms with Crippen LogP contribution in [0.3, 0.4) is 0 Å². The summed E-state index contributed by atoms with van der Waals surface area (Å²) in [6.07, 6.45) is 0. The van der Waals surface area contributed by atoms with E-state index in [9.17, 15) is 10.1 Å². The number of allylic oxidation sites excluding steroid dienone is 1. The predicted molar refractivity (Wildman–Crippen MR) is 155 cm³/mol. The Morgan fingerprint density at radius 3 is 2.39 bits per heavy atom. The van der Waals surface area contributed by atoms with Gasteiger partial charge in [-0.25, -0.2) is 4.79 Å². The minimum atomic E-state index is -0.599. The molecule has 0 saturated heterocycles. The fourth-order valence-corrected chi connectivity index (χ4v) is 4.69. The molecule has 1 aliphatic heterocycles. The maximum absolute atomic E-state index is 12.4. The number of carbonyl (C=O) groups is 1. The van der Waals surface area contributed by atoms with Gasteiger partial charge in [0.25, 0.3) is 0 Å². The molecule has 5 rings (SSSR count). The molecule has 7 nitrogen and oxygen atoms in total. The van der Waals surface area contributed by atoms with E-state index in [1.54, 1.807) is 36.4 Å². The van der Waals surface area contributed by atoms with Gasteiger partial charge in [0.1, 0.15) is 41.2 Å². The number of benzene rings is 4. The molecule has 4 aromatic rings. The minimum Gasteiger partial charge on any atom is -0.489 e. The highest BCUT2D eigenvalue weighted by atomic mass is 35.5. The molecule has 0 fully saturated rings. The number of nitrogens with two attached hydrogens (primary N) is 1. The molecule has 0 radical (unpaired) electrons. The van der Waals surface area contributed by atoms with Crippen molar-refractivity contribution in [3.05, 3.63) is 129 Å². The van der Waals surface area contributed by atoms with Gasteiger partial charge in [-0.05, 0) is 60.5 Å². The molecule has 0 aliphatic carbocycles. The van der Waals surface area contributed by atoms with Crippen molar-refractivity contribution >= 4 is 29.2 Å². The standard InChI is InChI=1S/C32H24Cl2N2O5/c1-19-14-23(11-13-27(19)33)39-18-30(37)40-24-10-12-25-29(15-24)41-32(36)26(16-35)31(25)20-6-8-22(9-7-20)38-17-21-4-2-3-5-28(21)34/h2-15,31H,17-18,36H2,1H3. The highest BCUT2D eigenvalue weighted by Crippen LogP contribution is 2.43. The van der Waals surface area contributed by atoms with Gasteiger partial charge in [0, 0.05) is 27.2 Å². The van der Waals surface area contributed by atoms with E-state index in [-0.39, 0.29) is 23.8 Å². The van der Waals surface area contributed by atoms with Crippen molar-refractivity contribution in [2.45, 2.75) is 19.4 Å². The van der Waals surface area contributed by atoms with Crippen molar-refractivity contribution in [3.8, 4) is 29.1 Å². The number of aryl methyl sites for hydroxylation is 1. The summed E-state index contributed by atoms with van der Waals surface area (Å²) in [5.41, 5.74) is 9.64. The van der Waals surface area contributed by atoms with Gasteiger partial charge in [0.2, 0.25) is 5.88 Å². The van der Waals surface area contributed by atoms with Gasteiger partial charge in [-0.1, -0.05) is 59.6 Å². The van der Waals surface area contributed by atoms with E-state index in [0.29, 0.717) is 39.5 Å². The molecule has 1 unspecified atom stereocenters. The highest BCUT2D eigenvalue weighted by Gasteiger charge is 2.31. The van der Waals surface area contributed by atoms with Gasteiger partial charge in [-0.3, -0.25) is 0 Å². The lowest BCUT2D eigenvalue weighted by molar-refractivity contribution is -0.136. The van der Waals surface area contributed by atoms with Gasteiger partial charge in [-0.15, -0.1) is 0 Å². The summed E-state index contributed by atoms with van der Waals surface area (Å²) in [6, 6.07) is 27.1. The summed E-state index contributed by atoms with van der Waals surface area (Å²) in [4.78, 5) is 12.4. The minimum absolute atomic E-state index is 0.0195. The van der Waals surface area contributed by atoms with Crippen molar-refractivity contribution in [2.24, 2.45) is 5.73 Å². The first-order valence-corrected chi connectivity index (χ1v) is 13.4. The molecule has 0 amide bonds. The Bertz CT molecular complexity index is 1680. The fourth-order valence-electron chi connectivity index (χ4n) is 4.39. The number of carbonyl (C=O) groups excluding carboxylic acids is 1. The average molecular weight is 587 g/mol. The molecule has 2 N–H and O–H groups in total. The van der Waals surface area contributed by atoms with Crippen LogP contribution < -0.4 is 24.7 Å². The molecule has 1 heterocycles. The third-order valence-corrected chi connectivity index (χ3v) is 7.27. The Morgan fingerprint density at radius 2 is 1.66 bits per heavy atom. The number of fused-ring (bicyclic) bond motifs is 1. The van der Waals surface area contributed by atoms with Crippen molar-refractivity contribution in [3.63, 3.8) is 0 Å². The van der Waals surface area contributed by atoms with Crippen molar-refractivity contribution in [2.75, 3.05) is 6.61 Å². The van der Waals surface area contributed by atoms with E-state index in [0.717, 1.165) is 16.7 Å². The van der Waals surface area contributed by atoms with Gasteiger partial charge in [0.05, 0.1) is 5.92 Å². The molecular formula is C32H24Cl2N2O5. The van der Waals surface area contributed by atoms with E-state index in [1.165, 1.54) is 0 Å². The first-order chi connectivity index (χ1) is 19.8. The van der Waals surface area contributed by atoms with Gasteiger partial charge >= 0.3 is 5.97 Å². The lowest BCUT2D eigenvalue weighted by Crippen LogP contribution is -2.21. The summed E-state index contributed by atoms with van der Waals surface area (Å²) >= 11 is 12.3. The third-order valence-electron chi connectivity index (χ3n) is 6.47. The van der Waals surface area contributed by atoms with Crippen LogP contribution in [0, 0.1) is 18.3 Å². The van der Waals surface area contributed by atoms with Crippen LogP contribution in [0.4, 0.5) is 0 Å². The quantitative estimate of drug-likeness (QED) is 0.174. The maximum Gasteiger partial charge on any atom is 0.349 e. The highest BCUT2D eigenvalue weighted by molar-refractivity contribution is 6.31. The largest absolute Gasteiger partial charge is 0.489 e. The van der Waals surface area contributed by atoms with Crippen molar-refractivity contribution in [1.82, 2.24) is 0 Å². The Morgan fingerprint density at radius 1 is 0.927 bits per heavy atom. The average Bonchev–Trinajstić information content (AvgIpc) is 2.97. The van der Waals surface area contributed by atoms with E-state index < -0.39 is 11.9 Å². The zero-order valence-corrected chi connectivity index (χ0v) is 23.4. The zero-order chi connectivity index (χ0) is 28.9. The van der Waals surface area contributed by atoms with E-state index in [4.69, 9.17) is 47.9 Å². The molecule has 41 heavy (non-hydrogen) atoms. The summed E-state index contributed by atoms with van der Waals surface area (Å²) < 4.78 is 22.6. The Balaban J connectivity index is 1.30. The molecule has 206 valence electrons. The Hall–Kier alpha value is -4.64. The summed E-state index contributed by atoms with van der Waals surface area (Å²) in [6.45, 7) is 1.87.